The van der Waals surface area contributed by atoms with Crippen molar-refractivity contribution in [1.29, 1.82) is 0 Å². The summed E-state index contributed by atoms with van der Waals surface area (Å²) in [7, 11) is 4.59. The summed E-state index contributed by atoms with van der Waals surface area (Å²) in [6.07, 6.45) is 0.154. The lowest BCUT2D eigenvalue weighted by Gasteiger charge is -2.23. The SMILES string of the molecule is COc1cc(CC(=O)N[C@H](c2ccc(F)cc2)C(C)C)cc(OC)c1OC. The second-order valence-electron chi connectivity index (χ2n) is 6.55. The van der Waals surface area contributed by atoms with Gasteiger partial charge in [0.1, 0.15) is 5.82 Å². The fraction of sp³-hybridized carbons (Fsp3) is 0.381. The topological polar surface area (TPSA) is 56.8 Å². The standard InChI is InChI=1S/C21H26FNO4/c1-13(2)20(15-6-8-16(22)9-7-15)23-19(24)12-14-10-17(25-3)21(27-5)18(11-14)26-4/h6-11,13,20H,12H2,1-5H3,(H,23,24)/t20-/m0/s1. The van der Waals surface area contributed by atoms with Crippen LogP contribution in [0.3, 0.4) is 0 Å². The van der Waals surface area contributed by atoms with E-state index in [2.05, 4.69) is 5.32 Å². The summed E-state index contributed by atoms with van der Waals surface area (Å²) >= 11 is 0. The quantitative estimate of drug-likeness (QED) is 0.760. The highest BCUT2D eigenvalue weighted by atomic mass is 19.1. The Morgan fingerprint density at radius 3 is 2.00 bits per heavy atom. The van der Waals surface area contributed by atoms with Crippen molar-refractivity contribution in [1.82, 2.24) is 5.32 Å². The number of methoxy groups -OCH3 is 3. The van der Waals surface area contributed by atoms with Crippen LogP contribution in [0.25, 0.3) is 0 Å². The van der Waals surface area contributed by atoms with Gasteiger partial charge < -0.3 is 19.5 Å². The first kappa shape index (κ1) is 20.6. The number of nitrogens with one attached hydrogen (secondary N) is 1. The third kappa shape index (κ3) is 5.12. The average Bonchev–Trinajstić information content (AvgIpc) is 2.65. The summed E-state index contributed by atoms with van der Waals surface area (Å²) in [5.74, 6) is 1.18. The first-order valence-electron chi connectivity index (χ1n) is 8.73. The molecule has 0 spiro atoms. The van der Waals surface area contributed by atoms with Gasteiger partial charge in [0.25, 0.3) is 0 Å². The number of rotatable bonds is 8. The van der Waals surface area contributed by atoms with E-state index in [4.69, 9.17) is 14.2 Å². The van der Waals surface area contributed by atoms with Crippen LogP contribution in [0, 0.1) is 11.7 Å². The monoisotopic (exact) mass is 375 g/mol. The Kier molecular flexibility index (Phi) is 7.05. The third-order valence-electron chi connectivity index (χ3n) is 4.30. The largest absolute Gasteiger partial charge is 0.493 e. The van der Waals surface area contributed by atoms with Gasteiger partial charge in [0.15, 0.2) is 11.5 Å². The molecule has 0 heterocycles. The van der Waals surface area contributed by atoms with Crippen LogP contribution in [0.2, 0.25) is 0 Å². The molecule has 5 nitrogen and oxygen atoms in total. The summed E-state index contributed by atoms with van der Waals surface area (Å²) in [4.78, 5) is 12.6. The van der Waals surface area contributed by atoms with Crippen molar-refractivity contribution in [2.24, 2.45) is 5.92 Å². The van der Waals surface area contributed by atoms with Crippen LogP contribution in [-0.2, 0) is 11.2 Å². The van der Waals surface area contributed by atoms with Crippen LogP contribution in [0.4, 0.5) is 4.39 Å². The smallest absolute Gasteiger partial charge is 0.224 e. The molecule has 0 unspecified atom stereocenters. The van der Waals surface area contributed by atoms with E-state index in [1.807, 2.05) is 13.8 Å². The van der Waals surface area contributed by atoms with Crippen molar-refractivity contribution in [2.45, 2.75) is 26.3 Å². The molecule has 1 atom stereocenters. The molecule has 0 saturated heterocycles. The van der Waals surface area contributed by atoms with E-state index < -0.39 is 0 Å². The van der Waals surface area contributed by atoms with Crippen molar-refractivity contribution in [3.05, 3.63) is 53.3 Å². The molecule has 0 radical (unpaired) electrons. The van der Waals surface area contributed by atoms with Crippen molar-refractivity contribution >= 4 is 5.91 Å². The van der Waals surface area contributed by atoms with Gasteiger partial charge in [-0.15, -0.1) is 0 Å². The van der Waals surface area contributed by atoms with Crippen molar-refractivity contribution < 1.29 is 23.4 Å². The Morgan fingerprint density at radius 1 is 1.00 bits per heavy atom. The molecule has 0 aliphatic rings. The molecule has 146 valence electrons. The lowest BCUT2D eigenvalue weighted by atomic mass is 9.95. The zero-order chi connectivity index (χ0) is 20.0. The van der Waals surface area contributed by atoms with Crippen LogP contribution < -0.4 is 19.5 Å². The number of amides is 1. The number of carbonyl (C=O) groups excluding carboxylic acids is 1. The summed E-state index contributed by atoms with van der Waals surface area (Å²) in [6.45, 7) is 4.02. The summed E-state index contributed by atoms with van der Waals surface area (Å²) in [5, 5.41) is 3.03. The normalized spacial score (nSPS) is 11.8. The second kappa shape index (κ2) is 9.26. The Labute approximate surface area is 159 Å². The molecule has 1 N–H and O–H groups in total. The Balaban J connectivity index is 2.19. The van der Waals surface area contributed by atoms with Gasteiger partial charge in [0.05, 0.1) is 33.8 Å². The Hall–Kier alpha value is -2.76. The van der Waals surface area contributed by atoms with Gasteiger partial charge in [0.2, 0.25) is 11.7 Å². The van der Waals surface area contributed by atoms with Crippen LogP contribution in [0.1, 0.15) is 31.0 Å². The first-order chi connectivity index (χ1) is 12.9. The second-order valence-corrected chi connectivity index (χ2v) is 6.55. The van der Waals surface area contributed by atoms with E-state index >= 15 is 0 Å². The molecule has 0 fully saturated rings. The van der Waals surface area contributed by atoms with Gasteiger partial charge >= 0.3 is 0 Å². The molecule has 0 saturated carbocycles. The zero-order valence-electron chi connectivity index (χ0n) is 16.3. The van der Waals surface area contributed by atoms with Gasteiger partial charge in [-0.2, -0.15) is 0 Å². The van der Waals surface area contributed by atoms with Crippen molar-refractivity contribution in [3.63, 3.8) is 0 Å². The van der Waals surface area contributed by atoms with Gasteiger partial charge in [-0.25, -0.2) is 4.39 Å². The Bertz CT molecular complexity index is 749. The average molecular weight is 375 g/mol. The summed E-state index contributed by atoms with van der Waals surface area (Å²) in [6, 6.07) is 9.48. The predicted molar refractivity (Wildman–Crippen MR) is 102 cm³/mol. The highest BCUT2D eigenvalue weighted by Crippen LogP contribution is 2.38. The van der Waals surface area contributed by atoms with Crippen LogP contribution in [-0.4, -0.2) is 27.2 Å². The fourth-order valence-corrected chi connectivity index (χ4v) is 2.95. The van der Waals surface area contributed by atoms with Crippen LogP contribution in [0.5, 0.6) is 17.2 Å². The van der Waals surface area contributed by atoms with Crippen molar-refractivity contribution in [2.75, 3.05) is 21.3 Å². The van der Waals surface area contributed by atoms with E-state index in [1.165, 1.54) is 33.5 Å². The fourth-order valence-electron chi connectivity index (χ4n) is 2.95. The minimum Gasteiger partial charge on any atom is -0.493 e. The third-order valence-corrected chi connectivity index (χ3v) is 4.30. The lowest BCUT2D eigenvalue weighted by Crippen LogP contribution is -2.32. The molecule has 6 heteroatoms. The maximum absolute atomic E-state index is 13.2. The molecule has 2 aromatic rings. The maximum atomic E-state index is 13.2. The molecule has 2 rings (SSSR count). The lowest BCUT2D eigenvalue weighted by molar-refractivity contribution is -0.121. The number of halogens is 1. The molecule has 2 aromatic carbocycles. The minimum atomic E-state index is -0.301. The highest BCUT2D eigenvalue weighted by molar-refractivity contribution is 5.79. The van der Waals surface area contributed by atoms with Crippen LogP contribution in [0.15, 0.2) is 36.4 Å². The van der Waals surface area contributed by atoms with Gasteiger partial charge in [-0.05, 0) is 41.3 Å². The Morgan fingerprint density at radius 2 is 1.56 bits per heavy atom. The van der Waals surface area contributed by atoms with E-state index in [-0.39, 0.29) is 30.1 Å². The number of hydrogen-bond donors (Lipinski definition) is 1. The molecule has 0 aromatic heterocycles. The summed E-state index contributed by atoms with van der Waals surface area (Å²) in [5.41, 5.74) is 1.60. The molecule has 1 amide bonds. The maximum Gasteiger partial charge on any atom is 0.224 e. The molecular formula is C21H26FNO4. The van der Waals surface area contributed by atoms with Crippen molar-refractivity contribution in [3.8, 4) is 17.2 Å². The number of hydrogen-bond acceptors (Lipinski definition) is 4. The van der Waals surface area contributed by atoms with E-state index in [9.17, 15) is 9.18 Å². The number of ether oxygens (including phenoxy) is 3. The molecular weight excluding hydrogens is 349 g/mol. The molecule has 27 heavy (non-hydrogen) atoms. The number of benzene rings is 2. The first-order valence-corrected chi connectivity index (χ1v) is 8.73. The minimum absolute atomic E-state index is 0.146. The zero-order valence-corrected chi connectivity index (χ0v) is 16.3. The van der Waals surface area contributed by atoms with Gasteiger partial charge in [0, 0.05) is 0 Å². The molecule has 0 aliphatic carbocycles. The highest BCUT2D eigenvalue weighted by Gasteiger charge is 2.20. The number of carbonyl (C=O) groups is 1. The van der Waals surface area contributed by atoms with Gasteiger partial charge in [-0.1, -0.05) is 26.0 Å². The van der Waals surface area contributed by atoms with Crippen LogP contribution >= 0.6 is 0 Å². The predicted octanol–water partition coefficient (Wildman–Crippen LogP) is 3.91. The van der Waals surface area contributed by atoms with E-state index in [1.54, 1.807) is 24.3 Å². The molecule has 0 aliphatic heterocycles. The summed E-state index contributed by atoms with van der Waals surface area (Å²) < 4.78 is 29.1. The molecule has 0 bridgehead atoms. The van der Waals surface area contributed by atoms with Gasteiger partial charge in [-0.3, -0.25) is 4.79 Å². The van der Waals surface area contributed by atoms with E-state index in [0.717, 1.165) is 11.1 Å². The van der Waals surface area contributed by atoms with E-state index in [0.29, 0.717) is 17.2 Å².